The predicted octanol–water partition coefficient (Wildman–Crippen LogP) is 4.52. The second-order valence-electron chi connectivity index (χ2n) is 6.86. The summed E-state index contributed by atoms with van der Waals surface area (Å²) < 4.78 is 11.2. The molecule has 0 aromatic heterocycles. The number of hydrogen-bond acceptors (Lipinski definition) is 3. The van der Waals surface area contributed by atoms with Crippen LogP contribution in [0.25, 0.3) is 11.1 Å². The van der Waals surface area contributed by atoms with Gasteiger partial charge in [0.1, 0.15) is 18.0 Å². The van der Waals surface area contributed by atoms with Gasteiger partial charge in [0.25, 0.3) is 0 Å². The number of carbonyl (C=O) groups is 1. The Labute approximate surface area is 137 Å². The third kappa shape index (κ3) is 3.73. The van der Waals surface area contributed by atoms with Gasteiger partial charge >= 0.3 is 5.97 Å². The van der Waals surface area contributed by atoms with Crippen LogP contribution in [0.5, 0.6) is 5.75 Å². The van der Waals surface area contributed by atoms with E-state index in [0.29, 0.717) is 19.4 Å². The van der Waals surface area contributed by atoms with Crippen molar-refractivity contribution in [1.29, 1.82) is 0 Å². The summed E-state index contributed by atoms with van der Waals surface area (Å²) in [6.07, 6.45) is 1.06. The minimum atomic E-state index is -0.431. The highest BCUT2D eigenvalue weighted by molar-refractivity contribution is 5.76. The molecular weight excluding hydrogens is 288 g/mol. The first-order chi connectivity index (χ1) is 10.9. The molecule has 23 heavy (non-hydrogen) atoms. The molecule has 0 saturated carbocycles. The molecule has 1 heterocycles. The Hall–Kier alpha value is -2.29. The highest BCUT2D eigenvalue weighted by Gasteiger charge is 2.18. The largest absolute Gasteiger partial charge is 0.488 e. The molecule has 2 aromatic rings. The van der Waals surface area contributed by atoms with Gasteiger partial charge in [0, 0.05) is 12.0 Å². The van der Waals surface area contributed by atoms with E-state index >= 15 is 0 Å². The lowest BCUT2D eigenvalue weighted by Gasteiger charge is -2.22. The predicted molar refractivity (Wildman–Crippen MR) is 90.4 cm³/mol. The smallest absolute Gasteiger partial charge is 0.306 e. The Kier molecular flexibility index (Phi) is 4.12. The van der Waals surface area contributed by atoms with Crippen molar-refractivity contribution < 1.29 is 14.3 Å². The van der Waals surface area contributed by atoms with Gasteiger partial charge in [0.15, 0.2) is 0 Å². The van der Waals surface area contributed by atoms with Crippen LogP contribution in [0.1, 0.15) is 38.3 Å². The number of benzene rings is 2. The second kappa shape index (κ2) is 6.07. The molecule has 1 aliphatic heterocycles. The van der Waals surface area contributed by atoms with E-state index in [4.69, 9.17) is 9.47 Å². The molecule has 3 nitrogen and oxygen atoms in total. The molecule has 0 N–H and O–H groups in total. The summed E-state index contributed by atoms with van der Waals surface area (Å²) in [6, 6.07) is 14.4. The lowest BCUT2D eigenvalue weighted by molar-refractivity contribution is -0.154. The first-order valence-corrected chi connectivity index (χ1v) is 7.98. The van der Waals surface area contributed by atoms with E-state index in [9.17, 15) is 4.79 Å². The molecule has 3 rings (SSSR count). The van der Waals surface area contributed by atoms with Crippen molar-refractivity contribution in [3.8, 4) is 16.9 Å². The quantitative estimate of drug-likeness (QED) is 0.782. The summed E-state index contributed by atoms with van der Waals surface area (Å²) in [6.45, 7) is 6.27. The summed E-state index contributed by atoms with van der Waals surface area (Å²) in [5, 5.41) is 0. The van der Waals surface area contributed by atoms with Gasteiger partial charge in [-0.05, 0) is 56.0 Å². The lowest BCUT2D eigenvalue weighted by atomic mass is 9.94. The summed E-state index contributed by atoms with van der Waals surface area (Å²) in [5.74, 6) is 0.747. The fourth-order valence-corrected chi connectivity index (χ4v) is 2.77. The zero-order valence-electron chi connectivity index (χ0n) is 13.9. The molecule has 0 atom stereocenters. The fourth-order valence-electron chi connectivity index (χ4n) is 2.77. The highest BCUT2D eigenvalue weighted by atomic mass is 16.6. The molecule has 0 spiro atoms. The van der Waals surface area contributed by atoms with Crippen LogP contribution in [0.4, 0.5) is 0 Å². The van der Waals surface area contributed by atoms with Crippen molar-refractivity contribution in [2.45, 2.75) is 45.8 Å². The van der Waals surface area contributed by atoms with Crippen LogP contribution in [0.15, 0.2) is 42.5 Å². The van der Waals surface area contributed by atoms with Gasteiger partial charge in [-0.1, -0.05) is 30.3 Å². The van der Waals surface area contributed by atoms with Crippen molar-refractivity contribution in [3.05, 3.63) is 53.6 Å². The summed E-state index contributed by atoms with van der Waals surface area (Å²) in [7, 11) is 0. The van der Waals surface area contributed by atoms with Gasteiger partial charge in [-0.2, -0.15) is 0 Å². The molecule has 1 aliphatic rings. The number of rotatable bonds is 3. The molecule has 0 aliphatic carbocycles. The average Bonchev–Trinajstić information content (AvgIpc) is 2.51. The van der Waals surface area contributed by atoms with Crippen LogP contribution in [0.3, 0.4) is 0 Å². The maximum absolute atomic E-state index is 11.9. The SMILES string of the molecule is CC(C)(C)OC(=O)CCc1ccc2c(c1)-c1ccccc1CO2. The Morgan fingerprint density at radius 3 is 2.70 bits per heavy atom. The minimum absolute atomic E-state index is 0.160. The number of fused-ring (bicyclic) bond motifs is 3. The second-order valence-corrected chi connectivity index (χ2v) is 6.86. The molecule has 0 fully saturated rings. The average molecular weight is 310 g/mol. The number of hydrogen-bond donors (Lipinski definition) is 0. The molecule has 2 aromatic carbocycles. The zero-order chi connectivity index (χ0) is 16.4. The summed E-state index contributed by atoms with van der Waals surface area (Å²) in [4.78, 5) is 11.9. The first kappa shape index (κ1) is 15.6. The Balaban J connectivity index is 1.76. The van der Waals surface area contributed by atoms with Crippen LogP contribution in [0.2, 0.25) is 0 Å². The Bertz CT molecular complexity index is 726. The summed E-state index contributed by atoms with van der Waals surface area (Å²) >= 11 is 0. The van der Waals surface area contributed by atoms with Crippen molar-refractivity contribution in [2.24, 2.45) is 0 Å². The van der Waals surface area contributed by atoms with Gasteiger partial charge in [-0.3, -0.25) is 4.79 Å². The maximum atomic E-state index is 11.9. The Morgan fingerprint density at radius 2 is 1.91 bits per heavy atom. The number of carbonyl (C=O) groups excluding carboxylic acids is 1. The van der Waals surface area contributed by atoms with E-state index in [1.165, 1.54) is 11.1 Å². The monoisotopic (exact) mass is 310 g/mol. The van der Waals surface area contributed by atoms with Crippen molar-refractivity contribution >= 4 is 5.97 Å². The number of esters is 1. The normalized spacial score (nSPS) is 12.8. The van der Waals surface area contributed by atoms with Gasteiger partial charge in [0.05, 0.1) is 0 Å². The first-order valence-electron chi connectivity index (χ1n) is 7.98. The van der Waals surface area contributed by atoms with E-state index in [1.54, 1.807) is 0 Å². The van der Waals surface area contributed by atoms with Crippen molar-refractivity contribution in [3.63, 3.8) is 0 Å². The third-order valence-electron chi connectivity index (χ3n) is 3.77. The zero-order valence-corrected chi connectivity index (χ0v) is 13.9. The molecule has 0 amide bonds. The lowest BCUT2D eigenvalue weighted by Crippen LogP contribution is -2.24. The van der Waals surface area contributed by atoms with E-state index in [1.807, 2.05) is 45.0 Å². The third-order valence-corrected chi connectivity index (χ3v) is 3.77. The van der Waals surface area contributed by atoms with Gasteiger partial charge in [0.2, 0.25) is 0 Å². The van der Waals surface area contributed by atoms with E-state index in [0.717, 1.165) is 16.9 Å². The standard InChI is InChI=1S/C20H22O3/c1-20(2,3)23-19(21)11-9-14-8-10-18-17(12-14)16-7-5-4-6-15(16)13-22-18/h4-8,10,12H,9,11,13H2,1-3H3. The minimum Gasteiger partial charge on any atom is -0.488 e. The van der Waals surface area contributed by atoms with Gasteiger partial charge in [-0.15, -0.1) is 0 Å². The number of aryl methyl sites for hydroxylation is 1. The molecule has 0 saturated heterocycles. The molecule has 3 heteroatoms. The molecule has 0 bridgehead atoms. The van der Waals surface area contributed by atoms with Crippen LogP contribution >= 0.6 is 0 Å². The maximum Gasteiger partial charge on any atom is 0.306 e. The highest BCUT2D eigenvalue weighted by Crippen LogP contribution is 2.38. The van der Waals surface area contributed by atoms with Crippen molar-refractivity contribution in [1.82, 2.24) is 0 Å². The fraction of sp³-hybridized carbons (Fsp3) is 0.350. The topological polar surface area (TPSA) is 35.5 Å². The molecule has 120 valence electrons. The molecule has 0 unspecified atom stereocenters. The van der Waals surface area contributed by atoms with Crippen LogP contribution in [0, 0.1) is 0 Å². The van der Waals surface area contributed by atoms with Gasteiger partial charge in [-0.25, -0.2) is 0 Å². The molecular formula is C20H22O3. The van der Waals surface area contributed by atoms with Crippen LogP contribution in [-0.4, -0.2) is 11.6 Å². The van der Waals surface area contributed by atoms with Crippen LogP contribution < -0.4 is 4.74 Å². The van der Waals surface area contributed by atoms with Crippen LogP contribution in [-0.2, 0) is 22.6 Å². The van der Waals surface area contributed by atoms with E-state index in [-0.39, 0.29) is 5.97 Å². The number of ether oxygens (including phenoxy) is 2. The van der Waals surface area contributed by atoms with Gasteiger partial charge < -0.3 is 9.47 Å². The Morgan fingerprint density at radius 1 is 1.13 bits per heavy atom. The summed E-state index contributed by atoms with van der Waals surface area (Å²) in [5.41, 5.74) is 4.21. The van der Waals surface area contributed by atoms with Crippen molar-refractivity contribution in [2.75, 3.05) is 0 Å². The van der Waals surface area contributed by atoms with E-state index in [2.05, 4.69) is 18.2 Å². The molecule has 0 radical (unpaired) electrons. The van der Waals surface area contributed by atoms with E-state index < -0.39 is 5.60 Å².